The van der Waals surface area contributed by atoms with E-state index in [4.69, 9.17) is 0 Å². The Balaban J connectivity index is 3.70. The van der Waals surface area contributed by atoms with Crippen LogP contribution in [0.2, 0.25) is 0 Å². The minimum absolute atomic E-state index is 0.373. The summed E-state index contributed by atoms with van der Waals surface area (Å²) < 4.78 is 0. The fourth-order valence-corrected chi connectivity index (χ4v) is 6.61. The van der Waals surface area contributed by atoms with Crippen molar-refractivity contribution in [3.05, 3.63) is 24.3 Å². The Kier molecular flexibility index (Phi) is 38.7. The molecule has 0 aliphatic carbocycles. The highest BCUT2D eigenvalue weighted by Crippen LogP contribution is 2.15. The highest BCUT2D eigenvalue weighted by Gasteiger charge is 2.22. The first-order valence-electron chi connectivity index (χ1n) is 21.7. The van der Waals surface area contributed by atoms with E-state index in [0.29, 0.717) is 6.42 Å². The van der Waals surface area contributed by atoms with Crippen LogP contribution in [0.5, 0.6) is 0 Å². The summed E-state index contributed by atoms with van der Waals surface area (Å²) in [4.78, 5) is 12.4. The third-order valence-corrected chi connectivity index (χ3v) is 10.0. The fourth-order valence-electron chi connectivity index (χ4n) is 6.61. The molecule has 5 heteroatoms. The molecule has 1 amide bonds. The van der Waals surface area contributed by atoms with Crippen LogP contribution in [0.4, 0.5) is 0 Å². The van der Waals surface area contributed by atoms with Gasteiger partial charge in [0.25, 0.3) is 0 Å². The molecule has 0 spiro atoms. The lowest BCUT2D eigenvalue weighted by molar-refractivity contribution is -0.131. The summed E-state index contributed by atoms with van der Waals surface area (Å²) >= 11 is 0. The van der Waals surface area contributed by atoms with Gasteiger partial charge in [0.05, 0.1) is 18.8 Å². The summed E-state index contributed by atoms with van der Waals surface area (Å²) in [5, 5.41) is 33.1. The van der Waals surface area contributed by atoms with Gasteiger partial charge in [0.15, 0.2) is 0 Å². The Hall–Kier alpha value is -1.17. The number of aliphatic hydroxyl groups is 3. The molecule has 0 aromatic carbocycles. The average molecular weight is 692 g/mol. The predicted octanol–water partition coefficient (Wildman–Crippen LogP) is 12.2. The van der Waals surface area contributed by atoms with Gasteiger partial charge in [-0.25, -0.2) is 0 Å². The van der Waals surface area contributed by atoms with Crippen molar-refractivity contribution >= 4 is 5.91 Å². The van der Waals surface area contributed by atoms with Crippen LogP contribution in [0.25, 0.3) is 0 Å². The molecule has 0 saturated heterocycles. The smallest absolute Gasteiger partial charge is 0.249 e. The van der Waals surface area contributed by atoms with Gasteiger partial charge < -0.3 is 20.6 Å². The van der Waals surface area contributed by atoms with E-state index >= 15 is 0 Å². The first-order valence-corrected chi connectivity index (χ1v) is 21.7. The number of hydrogen-bond acceptors (Lipinski definition) is 4. The molecule has 0 aliphatic heterocycles. The molecule has 0 radical (unpaired) electrons. The van der Waals surface area contributed by atoms with E-state index in [1.807, 2.05) is 6.08 Å². The molecular weight excluding hydrogens is 606 g/mol. The van der Waals surface area contributed by atoms with E-state index in [1.54, 1.807) is 6.08 Å². The van der Waals surface area contributed by atoms with Crippen LogP contribution >= 0.6 is 0 Å². The molecule has 0 bridgehead atoms. The number of carbonyl (C=O) groups is 1. The van der Waals surface area contributed by atoms with Crippen LogP contribution in [0.3, 0.4) is 0 Å². The van der Waals surface area contributed by atoms with Crippen molar-refractivity contribution in [2.24, 2.45) is 0 Å². The standard InChI is InChI=1S/C44H85NO4/c1-3-5-7-9-11-13-15-17-19-20-21-22-23-24-25-27-28-30-32-34-36-38-42(47)41(40-46)45-44(49)43(48)39-37-35-33-31-29-26-18-16-14-12-10-8-6-4-2/h28,30,36,38,41-43,46-48H,3-27,29,31-35,37,39-40H2,1-2H3,(H,45,49)/b30-28+,38-36+. The summed E-state index contributed by atoms with van der Waals surface area (Å²) in [6, 6.07) is -0.810. The zero-order valence-corrected chi connectivity index (χ0v) is 32.8. The molecule has 0 rings (SSSR count). The van der Waals surface area contributed by atoms with Crippen molar-refractivity contribution in [1.29, 1.82) is 0 Å². The van der Waals surface area contributed by atoms with Gasteiger partial charge in [-0.15, -0.1) is 0 Å². The molecule has 3 unspecified atom stereocenters. The summed E-state index contributed by atoms with van der Waals surface area (Å²) in [7, 11) is 0. The minimum Gasteiger partial charge on any atom is -0.394 e. The van der Waals surface area contributed by atoms with Crippen molar-refractivity contribution in [2.45, 2.75) is 244 Å². The zero-order chi connectivity index (χ0) is 35.9. The Bertz CT molecular complexity index is 724. The van der Waals surface area contributed by atoms with Crippen LogP contribution < -0.4 is 5.32 Å². The van der Waals surface area contributed by atoms with E-state index in [0.717, 1.165) is 38.5 Å². The number of carbonyl (C=O) groups excluding carboxylic acids is 1. The van der Waals surface area contributed by atoms with Crippen LogP contribution in [0.1, 0.15) is 226 Å². The molecule has 290 valence electrons. The normalized spacial score (nSPS) is 13.8. The van der Waals surface area contributed by atoms with Gasteiger partial charge >= 0.3 is 0 Å². The van der Waals surface area contributed by atoms with Crippen molar-refractivity contribution in [3.63, 3.8) is 0 Å². The molecule has 0 saturated carbocycles. The molecular formula is C44H85NO4. The second kappa shape index (κ2) is 39.6. The van der Waals surface area contributed by atoms with Crippen molar-refractivity contribution in [1.82, 2.24) is 5.32 Å². The van der Waals surface area contributed by atoms with Crippen molar-refractivity contribution < 1.29 is 20.1 Å². The van der Waals surface area contributed by atoms with E-state index in [2.05, 4.69) is 31.3 Å². The maximum Gasteiger partial charge on any atom is 0.249 e. The highest BCUT2D eigenvalue weighted by molar-refractivity contribution is 5.80. The Labute approximate surface area is 305 Å². The van der Waals surface area contributed by atoms with Gasteiger partial charge in [-0.1, -0.05) is 218 Å². The third-order valence-electron chi connectivity index (χ3n) is 10.0. The molecule has 5 nitrogen and oxygen atoms in total. The summed E-state index contributed by atoms with van der Waals surface area (Å²) in [5.41, 5.74) is 0. The first-order chi connectivity index (χ1) is 24.1. The molecule has 0 aromatic heterocycles. The Morgan fingerprint density at radius 1 is 0.490 bits per heavy atom. The van der Waals surface area contributed by atoms with Crippen molar-refractivity contribution in [3.8, 4) is 0 Å². The lowest BCUT2D eigenvalue weighted by Gasteiger charge is -2.21. The molecule has 49 heavy (non-hydrogen) atoms. The number of amides is 1. The first kappa shape index (κ1) is 47.8. The van der Waals surface area contributed by atoms with E-state index in [9.17, 15) is 20.1 Å². The number of rotatable bonds is 39. The van der Waals surface area contributed by atoms with Crippen molar-refractivity contribution in [2.75, 3.05) is 6.61 Å². The number of allylic oxidation sites excluding steroid dienone is 3. The monoisotopic (exact) mass is 692 g/mol. The number of hydrogen-bond donors (Lipinski definition) is 4. The number of unbranched alkanes of at least 4 members (excludes halogenated alkanes) is 29. The molecule has 0 fully saturated rings. The van der Waals surface area contributed by atoms with Gasteiger partial charge in [0.1, 0.15) is 6.10 Å². The van der Waals surface area contributed by atoms with Crippen LogP contribution in [0.15, 0.2) is 24.3 Å². The summed E-state index contributed by atoms with van der Waals surface area (Å²) in [5.74, 6) is -0.511. The van der Waals surface area contributed by atoms with E-state index in [-0.39, 0.29) is 6.61 Å². The molecule has 0 aromatic rings. The van der Waals surface area contributed by atoms with Crippen LogP contribution in [-0.4, -0.2) is 46.1 Å². The lowest BCUT2D eigenvalue weighted by Crippen LogP contribution is -2.48. The maximum absolute atomic E-state index is 12.4. The SMILES string of the molecule is CCCCCCCCCCCCCCCCC/C=C/CC/C=C/C(O)C(CO)NC(=O)C(O)CCCCCCCCCCCCCCCC. The number of nitrogens with one attached hydrogen (secondary N) is 1. The topological polar surface area (TPSA) is 89.8 Å². The summed E-state index contributed by atoms with van der Waals surface area (Å²) in [6.07, 6.45) is 47.8. The maximum atomic E-state index is 12.4. The van der Waals surface area contributed by atoms with Gasteiger partial charge in [-0.2, -0.15) is 0 Å². The highest BCUT2D eigenvalue weighted by atomic mass is 16.3. The third kappa shape index (κ3) is 35.0. The van der Waals surface area contributed by atoms with Gasteiger partial charge in [-0.3, -0.25) is 4.79 Å². The largest absolute Gasteiger partial charge is 0.394 e. The minimum atomic E-state index is -1.10. The van der Waals surface area contributed by atoms with Gasteiger partial charge in [-0.05, 0) is 32.1 Å². The average Bonchev–Trinajstić information content (AvgIpc) is 3.11. The van der Waals surface area contributed by atoms with E-state index < -0.39 is 24.2 Å². The lowest BCUT2D eigenvalue weighted by atomic mass is 10.0. The molecule has 3 atom stereocenters. The second-order valence-corrected chi connectivity index (χ2v) is 14.9. The molecule has 4 N–H and O–H groups in total. The van der Waals surface area contributed by atoms with Gasteiger partial charge in [0, 0.05) is 0 Å². The fraction of sp³-hybridized carbons (Fsp3) is 0.886. The van der Waals surface area contributed by atoms with E-state index in [1.165, 1.54) is 167 Å². The Morgan fingerprint density at radius 3 is 1.24 bits per heavy atom. The Morgan fingerprint density at radius 2 is 0.837 bits per heavy atom. The summed E-state index contributed by atoms with van der Waals surface area (Å²) in [6.45, 7) is 4.17. The predicted molar refractivity (Wildman–Crippen MR) is 213 cm³/mol. The van der Waals surface area contributed by atoms with Crippen LogP contribution in [-0.2, 0) is 4.79 Å². The van der Waals surface area contributed by atoms with Gasteiger partial charge in [0.2, 0.25) is 5.91 Å². The quantitative estimate of drug-likeness (QED) is 0.0381. The zero-order valence-electron chi connectivity index (χ0n) is 32.8. The number of aliphatic hydroxyl groups excluding tert-OH is 3. The van der Waals surface area contributed by atoms with Crippen LogP contribution in [0, 0.1) is 0 Å². The molecule has 0 heterocycles. The molecule has 0 aliphatic rings. The second-order valence-electron chi connectivity index (χ2n) is 14.9.